The van der Waals surface area contributed by atoms with E-state index in [0.29, 0.717) is 36.3 Å². The maximum Gasteiger partial charge on any atom is 0.311 e. The molecular weight excluding hydrogens is 550 g/mol. The van der Waals surface area contributed by atoms with E-state index in [2.05, 4.69) is 5.32 Å². The third-order valence-corrected chi connectivity index (χ3v) is 6.97. The first kappa shape index (κ1) is 31.6. The number of hydrogen-bond donors (Lipinski definition) is 3. The largest absolute Gasteiger partial charge is 0.491 e. The van der Waals surface area contributed by atoms with Gasteiger partial charge in [0.15, 0.2) is 5.75 Å². The molecule has 1 amide bonds. The third-order valence-electron chi connectivity index (χ3n) is 6.97. The van der Waals surface area contributed by atoms with Crippen molar-refractivity contribution in [3.05, 3.63) is 103 Å². The van der Waals surface area contributed by atoms with Crippen molar-refractivity contribution in [1.29, 1.82) is 0 Å². The van der Waals surface area contributed by atoms with E-state index in [1.54, 1.807) is 60.7 Å². The molecule has 0 heterocycles. The van der Waals surface area contributed by atoms with Crippen molar-refractivity contribution in [2.45, 2.75) is 50.4 Å². The average Bonchev–Trinajstić information content (AvgIpc) is 3.29. The molecule has 9 nitrogen and oxygen atoms in total. The lowest BCUT2D eigenvalue weighted by molar-refractivity contribution is -0.134. The molecule has 0 aliphatic heterocycles. The molecule has 1 fully saturated rings. The number of para-hydroxylation sites is 3. The molecular formula is C34H37NO8. The van der Waals surface area contributed by atoms with Crippen LogP contribution in [0.2, 0.25) is 0 Å². The summed E-state index contributed by atoms with van der Waals surface area (Å²) in [4.78, 5) is 37.4. The Morgan fingerprint density at radius 2 is 1.63 bits per heavy atom. The molecule has 9 heteroatoms. The summed E-state index contributed by atoms with van der Waals surface area (Å²) in [6.45, 7) is -0.0368. The number of hydrogen-bond acceptors (Lipinski definition) is 8. The molecule has 1 aliphatic carbocycles. The number of amides is 1. The van der Waals surface area contributed by atoms with Crippen LogP contribution >= 0.6 is 0 Å². The lowest BCUT2D eigenvalue weighted by Crippen LogP contribution is -2.34. The fourth-order valence-corrected chi connectivity index (χ4v) is 4.74. The average molecular weight is 588 g/mol. The van der Waals surface area contributed by atoms with E-state index < -0.39 is 30.2 Å². The molecule has 3 aromatic carbocycles. The predicted octanol–water partition coefficient (Wildman–Crippen LogP) is 4.74. The number of rotatable bonds is 15. The Hall–Kier alpha value is -4.31. The Labute approximate surface area is 251 Å². The smallest absolute Gasteiger partial charge is 0.311 e. The fraction of sp³-hybridized carbons (Fsp3) is 0.324. The molecule has 0 radical (unpaired) electrons. The summed E-state index contributed by atoms with van der Waals surface area (Å²) in [5.41, 5.74) is 0.897. The number of aliphatic hydroxyl groups excluding tert-OH is 2. The highest BCUT2D eigenvalue weighted by Crippen LogP contribution is 2.29. The van der Waals surface area contributed by atoms with E-state index in [0.717, 1.165) is 0 Å². The normalized spacial score (nSPS) is 18.8. The lowest BCUT2D eigenvalue weighted by atomic mass is 9.99. The number of carbonyl (C=O) groups is 3. The van der Waals surface area contributed by atoms with Gasteiger partial charge in [-0.05, 0) is 55.7 Å². The van der Waals surface area contributed by atoms with Gasteiger partial charge in [0, 0.05) is 24.3 Å². The first-order chi connectivity index (χ1) is 20.9. The topological polar surface area (TPSA) is 131 Å². The van der Waals surface area contributed by atoms with Crippen LogP contribution in [0, 0.1) is 5.92 Å². The minimum atomic E-state index is -0.928. The minimum Gasteiger partial charge on any atom is -0.491 e. The molecule has 1 aliphatic rings. The SMILES string of the molecule is O=C(CCC/C=C\C[C@H]1C(=O)C[C@@H](O)[C@@H]1OCC(O)COc1ccccc1)Oc1ccccc1NC(=O)c1ccccc1. The zero-order chi connectivity index (χ0) is 30.4. The molecule has 0 saturated heterocycles. The van der Waals surface area contributed by atoms with Gasteiger partial charge in [-0.1, -0.05) is 60.7 Å². The molecule has 3 aromatic rings. The third kappa shape index (κ3) is 9.89. The van der Waals surface area contributed by atoms with E-state index >= 15 is 0 Å². The highest BCUT2D eigenvalue weighted by Gasteiger charge is 2.41. The number of benzene rings is 3. The second kappa shape index (κ2) is 16.4. The summed E-state index contributed by atoms with van der Waals surface area (Å²) in [6.07, 6.45) is 2.88. The maximum atomic E-state index is 12.5. The Morgan fingerprint density at radius 1 is 0.930 bits per heavy atom. The Balaban J connectivity index is 1.17. The number of allylic oxidation sites excluding steroid dienone is 2. The van der Waals surface area contributed by atoms with Crippen molar-refractivity contribution in [2.75, 3.05) is 18.5 Å². The maximum absolute atomic E-state index is 12.5. The van der Waals surface area contributed by atoms with Gasteiger partial charge in [0.05, 0.1) is 24.5 Å². The summed E-state index contributed by atoms with van der Waals surface area (Å²) in [6, 6.07) is 24.6. The summed E-state index contributed by atoms with van der Waals surface area (Å²) in [7, 11) is 0. The first-order valence-corrected chi connectivity index (χ1v) is 14.4. The number of Topliss-reactive ketones (excluding diaryl/α,β-unsaturated/α-hetero) is 1. The second-order valence-corrected chi connectivity index (χ2v) is 10.3. The fourth-order valence-electron chi connectivity index (χ4n) is 4.74. The van der Waals surface area contributed by atoms with E-state index in [4.69, 9.17) is 14.2 Å². The Kier molecular flexibility index (Phi) is 12.0. The van der Waals surface area contributed by atoms with E-state index in [-0.39, 0.29) is 43.5 Å². The first-order valence-electron chi connectivity index (χ1n) is 14.4. The second-order valence-electron chi connectivity index (χ2n) is 10.3. The zero-order valence-corrected chi connectivity index (χ0v) is 23.8. The van der Waals surface area contributed by atoms with Crippen molar-refractivity contribution in [3.63, 3.8) is 0 Å². The van der Waals surface area contributed by atoms with Crippen LogP contribution in [0.1, 0.15) is 42.5 Å². The van der Waals surface area contributed by atoms with E-state index in [1.807, 2.05) is 36.4 Å². The van der Waals surface area contributed by atoms with Gasteiger partial charge in [-0.3, -0.25) is 14.4 Å². The van der Waals surface area contributed by atoms with Gasteiger partial charge < -0.3 is 29.7 Å². The van der Waals surface area contributed by atoms with E-state index in [9.17, 15) is 24.6 Å². The number of carbonyl (C=O) groups excluding carboxylic acids is 3. The lowest BCUT2D eigenvalue weighted by Gasteiger charge is -2.22. The summed E-state index contributed by atoms with van der Waals surface area (Å²) < 4.78 is 16.8. The molecule has 3 N–H and O–H groups in total. The Bertz CT molecular complexity index is 1360. The molecule has 4 atom stereocenters. The van der Waals surface area contributed by atoms with Crippen LogP contribution in [0.25, 0.3) is 0 Å². The van der Waals surface area contributed by atoms with Crippen LogP contribution < -0.4 is 14.8 Å². The van der Waals surface area contributed by atoms with Gasteiger partial charge >= 0.3 is 5.97 Å². The van der Waals surface area contributed by atoms with Crippen LogP contribution in [0.5, 0.6) is 11.5 Å². The number of nitrogens with one attached hydrogen (secondary N) is 1. The highest BCUT2D eigenvalue weighted by molar-refractivity contribution is 6.05. The molecule has 0 aromatic heterocycles. The predicted molar refractivity (Wildman–Crippen MR) is 161 cm³/mol. The van der Waals surface area contributed by atoms with Gasteiger partial charge in [0.1, 0.15) is 24.2 Å². The number of anilines is 1. The summed E-state index contributed by atoms with van der Waals surface area (Å²) >= 11 is 0. The minimum absolute atomic E-state index is 0.0128. The van der Waals surface area contributed by atoms with Gasteiger partial charge in [0.2, 0.25) is 0 Å². The molecule has 1 saturated carbocycles. The van der Waals surface area contributed by atoms with Crippen molar-refractivity contribution in [2.24, 2.45) is 5.92 Å². The zero-order valence-electron chi connectivity index (χ0n) is 23.8. The van der Waals surface area contributed by atoms with Gasteiger partial charge in [-0.25, -0.2) is 0 Å². The molecule has 0 bridgehead atoms. The van der Waals surface area contributed by atoms with Crippen LogP contribution in [-0.4, -0.2) is 59.4 Å². The molecule has 4 rings (SSSR count). The highest BCUT2D eigenvalue weighted by atomic mass is 16.5. The number of esters is 1. The van der Waals surface area contributed by atoms with Gasteiger partial charge in [-0.15, -0.1) is 0 Å². The molecule has 226 valence electrons. The van der Waals surface area contributed by atoms with Gasteiger partial charge in [0.25, 0.3) is 5.91 Å². The molecule has 0 spiro atoms. The van der Waals surface area contributed by atoms with Gasteiger partial charge in [-0.2, -0.15) is 0 Å². The van der Waals surface area contributed by atoms with Crippen molar-refractivity contribution in [3.8, 4) is 11.5 Å². The number of ether oxygens (including phenoxy) is 3. The number of aliphatic hydroxyl groups is 2. The van der Waals surface area contributed by atoms with Crippen LogP contribution in [0.15, 0.2) is 97.1 Å². The van der Waals surface area contributed by atoms with E-state index in [1.165, 1.54) is 0 Å². The monoisotopic (exact) mass is 587 g/mol. The number of ketones is 1. The van der Waals surface area contributed by atoms with Crippen molar-refractivity contribution < 1.29 is 38.8 Å². The van der Waals surface area contributed by atoms with Crippen LogP contribution in [-0.2, 0) is 14.3 Å². The van der Waals surface area contributed by atoms with Crippen LogP contribution in [0.4, 0.5) is 5.69 Å². The molecule has 43 heavy (non-hydrogen) atoms. The standard InChI is InChI=1S/C34H37NO8/c36-25(22-41-26-15-7-4-8-16-26)23-42-33-27(29(37)21-30(33)38)17-9-1-2-10-20-32(39)43-31-19-12-11-18-28(31)35-34(40)24-13-5-3-6-14-24/h1,3-9,11-16,18-19,25,27,30,33,36,38H,2,10,17,20-23H2,(H,35,40)/b9-1-/t25?,27-,30+,33+/m0/s1. The summed E-state index contributed by atoms with van der Waals surface area (Å²) in [5.74, 6) is -0.421. The van der Waals surface area contributed by atoms with Crippen molar-refractivity contribution in [1.82, 2.24) is 0 Å². The Morgan fingerprint density at radius 3 is 2.40 bits per heavy atom. The van der Waals surface area contributed by atoms with Crippen LogP contribution in [0.3, 0.4) is 0 Å². The van der Waals surface area contributed by atoms with Crippen molar-refractivity contribution >= 4 is 23.3 Å². The number of unbranched alkanes of at least 4 members (excludes halogenated alkanes) is 1. The molecule has 1 unspecified atom stereocenters. The quantitative estimate of drug-likeness (QED) is 0.101. The summed E-state index contributed by atoms with van der Waals surface area (Å²) in [5, 5.41) is 23.4.